The average molecular weight is 208 g/mol. The Morgan fingerprint density at radius 3 is 2.93 bits per heavy atom. The number of hydrogen-bond acceptors (Lipinski definition) is 3. The van der Waals surface area contributed by atoms with E-state index in [1.807, 2.05) is 0 Å². The van der Waals surface area contributed by atoms with Gasteiger partial charge in [0.05, 0.1) is 19.1 Å². The molecule has 2 atom stereocenters. The Bertz CT molecular complexity index is 302. The number of ether oxygens (including phenoxy) is 2. The van der Waals surface area contributed by atoms with Crippen molar-refractivity contribution in [2.75, 3.05) is 13.2 Å². The number of fused-ring (bicyclic) bond motifs is 2. The van der Waals surface area contributed by atoms with Crippen molar-refractivity contribution in [3.63, 3.8) is 0 Å². The van der Waals surface area contributed by atoms with Crippen molar-refractivity contribution in [3.8, 4) is 0 Å². The van der Waals surface area contributed by atoms with E-state index in [9.17, 15) is 4.79 Å². The van der Waals surface area contributed by atoms with Gasteiger partial charge in [-0.05, 0) is 18.8 Å². The van der Waals surface area contributed by atoms with Crippen LogP contribution in [0.1, 0.15) is 25.7 Å². The highest BCUT2D eigenvalue weighted by atomic mass is 16.7. The molecule has 1 spiro atoms. The number of carbonyl (C=O) groups is 1. The molecule has 2 fully saturated rings. The molecule has 2 aliphatic carbocycles. The van der Waals surface area contributed by atoms with Gasteiger partial charge in [0, 0.05) is 12.8 Å². The van der Waals surface area contributed by atoms with E-state index in [1.165, 1.54) is 0 Å². The zero-order valence-corrected chi connectivity index (χ0v) is 8.78. The molecule has 1 saturated carbocycles. The molecular formula is C12H16O3. The molecule has 0 aromatic heterocycles. The fourth-order valence-electron chi connectivity index (χ4n) is 3.15. The first-order valence-corrected chi connectivity index (χ1v) is 5.79. The SMILES string of the molecule is O=C1CC[C@H]2C=CCCC3(OCCO3)[C@H]12. The lowest BCUT2D eigenvalue weighted by molar-refractivity contribution is -0.201. The minimum Gasteiger partial charge on any atom is -0.347 e. The molecule has 0 unspecified atom stereocenters. The number of hydrogen-bond donors (Lipinski definition) is 0. The summed E-state index contributed by atoms with van der Waals surface area (Å²) in [7, 11) is 0. The first-order chi connectivity index (χ1) is 7.32. The largest absolute Gasteiger partial charge is 0.347 e. The number of rotatable bonds is 0. The predicted molar refractivity (Wildman–Crippen MR) is 54.2 cm³/mol. The molecule has 0 aromatic carbocycles. The summed E-state index contributed by atoms with van der Waals surface area (Å²) in [6.07, 6.45) is 7.81. The third kappa shape index (κ3) is 1.37. The van der Waals surface area contributed by atoms with Gasteiger partial charge in [0.2, 0.25) is 0 Å². The van der Waals surface area contributed by atoms with Gasteiger partial charge in [-0.25, -0.2) is 0 Å². The van der Waals surface area contributed by atoms with Crippen molar-refractivity contribution in [1.82, 2.24) is 0 Å². The minimum atomic E-state index is -0.582. The first kappa shape index (κ1) is 9.55. The molecule has 1 aliphatic heterocycles. The normalized spacial score (nSPS) is 38.3. The van der Waals surface area contributed by atoms with Crippen molar-refractivity contribution in [2.45, 2.75) is 31.5 Å². The third-order valence-electron chi connectivity index (χ3n) is 3.79. The van der Waals surface area contributed by atoms with E-state index in [2.05, 4.69) is 12.2 Å². The Hall–Kier alpha value is -0.670. The third-order valence-corrected chi connectivity index (χ3v) is 3.79. The molecule has 3 heteroatoms. The fraction of sp³-hybridized carbons (Fsp3) is 0.750. The van der Waals surface area contributed by atoms with Gasteiger partial charge in [-0.2, -0.15) is 0 Å². The van der Waals surface area contributed by atoms with Crippen LogP contribution in [-0.4, -0.2) is 24.8 Å². The maximum Gasteiger partial charge on any atom is 0.179 e. The van der Waals surface area contributed by atoms with Gasteiger partial charge < -0.3 is 9.47 Å². The Morgan fingerprint density at radius 2 is 2.13 bits per heavy atom. The van der Waals surface area contributed by atoms with Crippen molar-refractivity contribution in [3.05, 3.63) is 12.2 Å². The Labute approximate surface area is 89.4 Å². The van der Waals surface area contributed by atoms with E-state index < -0.39 is 5.79 Å². The highest BCUT2D eigenvalue weighted by Gasteiger charge is 2.53. The van der Waals surface area contributed by atoms with Gasteiger partial charge in [0.25, 0.3) is 0 Å². The van der Waals surface area contributed by atoms with Crippen LogP contribution in [0.25, 0.3) is 0 Å². The fourth-order valence-corrected chi connectivity index (χ4v) is 3.15. The van der Waals surface area contributed by atoms with Crippen molar-refractivity contribution < 1.29 is 14.3 Å². The maximum atomic E-state index is 11.9. The van der Waals surface area contributed by atoms with Crippen LogP contribution in [0.3, 0.4) is 0 Å². The zero-order chi connectivity index (χ0) is 10.3. The van der Waals surface area contributed by atoms with Gasteiger partial charge >= 0.3 is 0 Å². The van der Waals surface area contributed by atoms with Crippen molar-refractivity contribution in [1.29, 1.82) is 0 Å². The van der Waals surface area contributed by atoms with Crippen LogP contribution in [0.2, 0.25) is 0 Å². The van der Waals surface area contributed by atoms with Crippen molar-refractivity contribution in [2.24, 2.45) is 11.8 Å². The molecule has 0 N–H and O–H groups in total. The molecule has 1 heterocycles. The second kappa shape index (κ2) is 3.42. The number of Topliss-reactive ketones (excluding diaryl/α,β-unsaturated/α-hetero) is 1. The summed E-state index contributed by atoms with van der Waals surface area (Å²) in [6, 6.07) is 0. The van der Waals surface area contributed by atoms with E-state index in [0.717, 1.165) is 19.3 Å². The maximum absolute atomic E-state index is 11.9. The van der Waals surface area contributed by atoms with Gasteiger partial charge in [-0.3, -0.25) is 4.79 Å². The van der Waals surface area contributed by atoms with E-state index in [0.29, 0.717) is 31.3 Å². The van der Waals surface area contributed by atoms with Crippen molar-refractivity contribution >= 4 is 5.78 Å². The Kier molecular flexibility index (Phi) is 2.18. The van der Waals surface area contributed by atoms with Crippen LogP contribution in [0.15, 0.2) is 12.2 Å². The molecule has 0 aromatic rings. The Balaban J connectivity index is 1.96. The van der Waals surface area contributed by atoms with Crippen LogP contribution >= 0.6 is 0 Å². The minimum absolute atomic E-state index is 0.0428. The molecule has 1 saturated heterocycles. The molecular weight excluding hydrogens is 192 g/mol. The molecule has 82 valence electrons. The van der Waals surface area contributed by atoms with E-state index in [4.69, 9.17) is 9.47 Å². The lowest BCUT2D eigenvalue weighted by Crippen LogP contribution is -2.43. The topological polar surface area (TPSA) is 35.5 Å². The average Bonchev–Trinajstić information content (AvgIpc) is 2.76. The smallest absolute Gasteiger partial charge is 0.179 e. The van der Waals surface area contributed by atoms with Crippen LogP contribution < -0.4 is 0 Å². The molecule has 3 rings (SSSR count). The van der Waals surface area contributed by atoms with Gasteiger partial charge in [-0.15, -0.1) is 0 Å². The highest BCUT2D eigenvalue weighted by molar-refractivity contribution is 5.84. The van der Waals surface area contributed by atoms with E-state index in [-0.39, 0.29) is 5.92 Å². The van der Waals surface area contributed by atoms with Crippen LogP contribution in [-0.2, 0) is 14.3 Å². The van der Waals surface area contributed by atoms with E-state index >= 15 is 0 Å². The predicted octanol–water partition coefficient (Wildman–Crippen LogP) is 1.67. The Morgan fingerprint density at radius 1 is 1.33 bits per heavy atom. The summed E-state index contributed by atoms with van der Waals surface area (Å²) in [5.41, 5.74) is 0. The molecule has 3 aliphatic rings. The quantitative estimate of drug-likeness (QED) is 0.568. The summed E-state index contributed by atoms with van der Waals surface area (Å²) in [6.45, 7) is 1.27. The number of carbonyl (C=O) groups excluding carboxylic acids is 1. The van der Waals surface area contributed by atoms with Gasteiger partial charge in [-0.1, -0.05) is 12.2 Å². The van der Waals surface area contributed by atoms with Gasteiger partial charge in [0.15, 0.2) is 5.79 Å². The summed E-state index contributed by atoms with van der Waals surface area (Å²) < 4.78 is 11.5. The summed E-state index contributed by atoms with van der Waals surface area (Å²) in [5.74, 6) is 0.0483. The molecule has 15 heavy (non-hydrogen) atoms. The summed E-state index contributed by atoms with van der Waals surface area (Å²) in [5, 5.41) is 0. The van der Waals surface area contributed by atoms with E-state index in [1.54, 1.807) is 0 Å². The number of allylic oxidation sites excluding steroid dienone is 2. The zero-order valence-electron chi connectivity index (χ0n) is 8.78. The van der Waals surface area contributed by atoms with Crippen LogP contribution in [0.5, 0.6) is 0 Å². The standard InChI is InChI=1S/C12H16O3/c13-10-5-4-9-3-1-2-6-12(11(9)10)14-7-8-15-12/h1,3,9,11H,2,4-8H2/t9-,11+/m1/s1. The van der Waals surface area contributed by atoms with Gasteiger partial charge in [0.1, 0.15) is 5.78 Å². The molecule has 0 radical (unpaired) electrons. The highest BCUT2D eigenvalue weighted by Crippen LogP contribution is 2.46. The summed E-state index contributed by atoms with van der Waals surface area (Å²) in [4.78, 5) is 11.9. The second-order valence-corrected chi connectivity index (χ2v) is 4.62. The lowest BCUT2D eigenvalue weighted by atomic mass is 9.87. The number of ketones is 1. The molecule has 0 amide bonds. The molecule has 3 nitrogen and oxygen atoms in total. The molecule has 0 bridgehead atoms. The first-order valence-electron chi connectivity index (χ1n) is 5.79. The lowest BCUT2D eigenvalue weighted by Gasteiger charge is -2.33. The monoisotopic (exact) mass is 208 g/mol. The van der Waals surface area contributed by atoms with Crippen LogP contribution in [0.4, 0.5) is 0 Å². The summed E-state index contributed by atoms with van der Waals surface area (Å²) >= 11 is 0. The second-order valence-electron chi connectivity index (χ2n) is 4.62. The van der Waals surface area contributed by atoms with Crippen LogP contribution in [0, 0.1) is 11.8 Å².